The molecule has 0 heterocycles. The summed E-state index contributed by atoms with van der Waals surface area (Å²) >= 11 is 0. The molecule has 0 saturated heterocycles. The number of carbonyl (C=O) groups is 1. The van der Waals surface area contributed by atoms with Gasteiger partial charge in [-0.2, -0.15) is 0 Å². The van der Waals surface area contributed by atoms with Crippen LogP contribution in [-0.2, 0) is 9.05 Å². The smallest absolute Gasteiger partial charge is 0.261 e. The Bertz CT molecular complexity index is 527. The van der Waals surface area contributed by atoms with Crippen LogP contribution in [0.4, 0.5) is 0 Å². The molecule has 1 N–H and O–H groups in total. The molecular weight excluding hydrogens is 266 g/mol. The summed E-state index contributed by atoms with van der Waals surface area (Å²) in [5.41, 5.74) is 0.135. The minimum Gasteiger partial charge on any atom is -0.496 e. The molecule has 5 nitrogen and oxygen atoms in total. The van der Waals surface area contributed by atoms with Crippen LogP contribution in [0.2, 0.25) is 0 Å². The molecule has 0 radical (unpaired) electrons. The minimum absolute atomic E-state index is 0.135. The average molecular weight is 278 g/mol. The first-order valence-electron chi connectivity index (χ1n) is 4.81. The van der Waals surface area contributed by atoms with E-state index >= 15 is 0 Å². The second-order valence-corrected chi connectivity index (χ2v) is 5.73. The van der Waals surface area contributed by atoms with Gasteiger partial charge >= 0.3 is 0 Å². The first-order valence-corrected chi connectivity index (χ1v) is 7.12. The van der Waals surface area contributed by atoms with Gasteiger partial charge in [0.05, 0.1) is 17.6 Å². The SMILES string of the molecule is CCNC(=O)c1cc(S(=O)(=O)Cl)ccc1OC. The van der Waals surface area contributed by atoms with Crippen molar-refractivity contribution in [3.8, 4) is 5.75 Å². The Morgan fingerprint density at radius 3 is 2.59 bits per heavy atom. The number of halogens is 1. The van der Waals surface area contributed by atoms with E-state index in [-0.39, 0.29) is 10.5 Å². The van der Waals surface area contributed by atoms with Crippen molar-refractivity contribution in [1.82, 2.24) is 5.32 Å². The number of ether oxygens (including phenoxy) is 1. The molecule has 94 valence electrons. The lowest BCUT2D eigenvalue weighted by Crippen LogP contribution is -2.23. The Hall–Kier alpha value is -1.27. The molecule has 0 fully saturated rings. The van der Waals surface area contributed by atoms with E-state index in [4.69, 9.17) is 15.4 Å². The van der Waals surface area contributed by atoms with Crippen molar-refractivity contribution in [2.75, 3.05) is 13.7 Å². The fraction of sp³-hybridized carbons (Fsp3) is 0.300. The molecule has 0 aliphatic carbocycles. The van der Waals surface area contributed by atoms with Crippen LogP contribution in [0.5, 0.6) is 5.75 Å². The van der Waals surface area contributed by atoms with Gasteiger partial charge in [0.1, 0.15) is 5.75 Å². The van der Waals surface area contributed by atoms with Gasteiger partial charge in [-0.1, -0.05) is 0 Å². The van der Waals surface area contributed by atoms with Gasteiger partial charge in [-0.05, 0) is 25.1 Å². The summed E-state index contributed by atoms with van der Waals surface area (Å²) < 4.78 is 27.3. The molecule has 0 bridgehead atoms. The molecule has 1 amide bonds. The van der Waals surface area contributed by atoms with E-state index in [2.05, 4.69) is 5.32 Å². The lowest BCUT2D eigenvalue weighted by atomic mass is 10.2. The quantitative estimate of drug-likeness (QED) is 0.844. The number of hydrogen-bond acceptors (Lipinski definition) is 4. The van der Waals surface area contributed by atoms with E-state index in [0.717, 1.165) is 0 Å². The first-order chi connectivity index (χ1) is 7.90. The fourth-order valence-corrected chi connectivity index (χ4v) is 2.05. The van der Waals surface area contributed by atoms with Crippen molar-refractivity contribution in [3.63, 3.8) is 0 Å². The molecule has 0 unspecified atom stereocenters. The van der Waals surface area contributed by atoms with E-state index in [1.807, 2.05) is 0 Å². The summed E-state index contributed by atoms with van der Waals surface area (Å²) in [6, 6.07) is 3.86. The van der Waals surface area contributed by atoms with E-state index in [0.29, 0.717) is 12.3 Å². The standard InChI is InChI=1S/C10H12ClNO4S/c1-3-12-10(13)8-6-7(17(11,14)15)4-5-9(8)16-2/h4-6H,3H2,1-2H3,(H,12,13). The third-order valence-electron chi connectivity index (χ3n) is 2.03. The van der Waals surface area contributed by atoms with E-state index < -0.39 is 15.0 Å². The van der Waals surface area contributed by atoms with Crippen molar-refractivity contribution in [1.29, 1.82) is 0 Å². The van der Waals surface area contributed by atoms with Gasteiger partial charge in [-0.3, -0.25) is 4.79 Å². The number of nitrogens with one attached hydrogen (secondary N) is 1. The van der Waals surface area contributed by atoms with Crippen LogP contribution in [0.15, 0.2) is 23.1 Å². The van der Waals surface area contributed by atoms with Gasteiger partial charge in [0, 0.05) is 17.2 Å². The Kier molecular flexibility index (Phi) is 4.36. The molecule has 0 spiro atoms. The topological polar surface area (TPSA) is 72.5 Å². The summed E-state index contributed by atoms with van der Waals surface area (Å²) in [6.07, 6.45) is 0. The number of methoxy groups -OCH3 is 1. The summed E-state index contributed by atoms with van der Waals surface area (Å²) in [5.74, 6) is -0.119. The molecule has 0 atom stereocenters. The maximum absolute atomic E-state index is 11.7. The molecule has 17 heavy (non-hydrogen) atoms. The van der Waals surface area contributed by atoms with Crippen LogP contribution >= 0.6 is 10.7 Å². The average Bonchev–Trinajstić information content (AvgIpc) is 2.27. The largest absolute Gasteiger partial charge is 0.496 e. The number of benzene rings is 1. The lowest BCUT2D eigenvalue weighted by molar-refractivity contribution is 0.0952. The molecule has 0 aliphatic heterocycles. The fourth-order valence-electron chi connectivity index (χ4n) is 1.27. The summed E-state index contributed by atoms with van der Waals surface area (Å²) in [7, 11) is 2.74. The Balaban J connectivity index is 3.30. The monoisotopic (exact) mass is 277 g/mol. The normalized spacial score (nSPS) is 11.0. The van der Waals surface area contributed by atoms with Gasteiger partial charge in [0.2, 0.25) is 0 Å². The molecule has 0 saturated carbocycles. The number of carbonyl (C=O) groups excluding carboxylic acids is 1. The molecule has 7 heteroatoms. The second-order valence-electron chi connectivity index (χ2n) is 3.16. The van der Waals surface area contributed by atoms with Gasteiger partial charge in [0.15, 0.2) is 0 Å². The Morgan fingerprint density at radius 2 is 2.12 bits per heavy atom. The van der Waals surface area contributed by atoms with Crippen molar-refractivity contribution in [2.45, 2.75) is 11.8 Å². The molecule has 1 aromatic carbocycles. The van der Waals surface area contributed by atoms with Crippen LogP contribution < -0.4 is 10.1 Å². The Labute approximate surface area is 104 Å². The minimum atomic E-state index is -3.86. The summed E-state index contributed by atoms with van der Waals surface area (Å²) in [5, 5.41) is 2.56. The van der Waals surface area contributed by atoms with Crippen LogP contribution in [0.3, 0.4) is 0 Å². The van der Waals surface area contributed by atoms with Crippen LogP contribution in [-0.4, -0.2) is 28.0 Å². The highest BCUT2D eigenvalue weighted by Gasteiger charge is 2.17. The van der Waals surface area contributed by atoms with Crippen molar-refractivity contribution >= 4 is 25.6 Å². The van der Waals surface area contributed by atoms with Gasteiger partial charge in [0.25, 0.3) is 15.0 Å². The van der Waals surface area contributed by atoms with E-state index in [1.54, 1.807) is 6.92 Å². The summed E-state index contributed by atoms with van der Waals surface area (Å²) in [4.78, 5) is 11.5. The van der Waals surface area contributed by atoms with Gasteiger partial charge in [-0.25, -0.2) is 8.42 Å². The van der Waals surface area contributed by atoms with E-state index in [9.17, 15) is 13.2 Å². The highest BCUT2D eigenvalue weighted by atomic mass is 35.7. The predicted molar refractivity (Wildman–Crippen MR) is 64.0 cm³/mol. The maximum Gasteiger partial charge on any atom is 0.261 e. The van der Waals surface area contributed by atoms with Crippen LogP contribution in [0.1, 0.15) is 17.3 Å². The van der Waals surface area contributed by atoms with E-state index in [1.165, 1.54) is 25.3 Å². The second kappa shape index (κ2) is 5.37. The third-order valence-corrected chi connectivity index (χ3v) is 3.39. The number of hydrogen-bond donors (Lipinski definition) is 1. The van der Waals surface area contributed by atoms with Crippen molar-refractivity contribution in [2.24, 2.45) is 0 Å². The van der Waals surface area contributed by atoms with Crippen molar-refractivity contribution in [3.05, 3.63) is 23.8 Å². The predicted octanol–water partition coefficient (Wildman–Crippen LogP) is 1.37. The zero-order valence-corrected chi connectivity index (χ0v) is 10.9. The maximum atomic E-state index is 11.7. The van der Waals surface area contributed by atoms with Crippen LogP contribution in [0.25, 0.3) is 0 Å². The Morgan fingerprint density at radius 1 is 1.47 bits per heavy atom. The zero-order chi connectivity index (χ0) is 13.1. The highest BCUT2D eigenvalue weighted by Crippen LogP contribution is 2.24. The van der Waals surface area contributed by atoms with Crippen molar-refractivity contribution < 1.29 is 17.9 Å². The van der Waals surface area contributed by atoms with Gasteiger partial charge < -0.3 is 10.1 Å². The molecule has 1 aromatic rings. The third kappa shape index (κ3) is 3.34. The lowest BCUT2D eigenvalue weighted by Gasteiger charge is -2.09. The molecule has 0 aromatic heterocycles. The molecule has 0 aliphatic rings. The molecule has 1 rings (SSSR count). The van der Waals surface area contributed by atoms with Gasteiger partial charge in [-0.15, -0.1) is 0 Å². The summed E-state index contributed by atoms with van der Waals surface area (Å²) in [6.45, 7) is 2.19. The highest BCUT2D eigenvalue weighted by molar-refractivity contribution is 8.13. The number of amides is 1. The first kappa shape index (κ1) is 13.8. The van der Waals surface area contributed by atoms with Crippen LogP contribution in [0, 0.1) is 0 Å². The number of rotatable bonds is 4. The zero-order valence-electron chi connectivity index (χ0n) is 9.36. The molecular formula is C10H12ClNO4S.